The molecular weight excluding hydrogens is 222 g/mol. The fourth-order valence-corrected chi connectivity index (χ4v) is 2.42. The second-order valence-electron chi connectivity index (χ2n) is 4.44. The predicted molar refractivity (Wildman–Crippen MR) is 65.9 cm³/mol. The van der Waals surface area contributed by atoms with Gasteiger partial charge in [0.05, 0.1) is 0 Å². The van der Waals surface area contributed by atoms with Gasteiger partial charge in [-0.1, -0.05) is 0 Å². The van der Waals surface area contributed by atoms with Gasteiger partial charge in [0, 0.05) is 36.7 Å². The van der Waals surface area contributed by atoms with Gasteiger partial charge in [-0.2, -0.15) is 0 Å². The van der Waals surface area contributed by atoms with Crippen molar-refractivity contribution in [3.8, 4) is 0 Å². The first-order valence-electron chi connectivity index (χ1n) is 5.86. The highest BCUT2D eigenvalue weighted by Crippen LogP contribution is 2.24. The molecule has 0 aromatic carbocycles. The van der Waals surface area contributed by atoms with Crippen LogP contribution in [-0.2, 0) is 6.42 Å². The van der Waals surface area contributed by atoms with E-state index in [1.54, 1.807) is 0 Å². The van der Waals surface area contributed by atoms with E-state index in [0.29, 0.717) is 11.8 Å². The second-order valence-corrected chi connectivity index (χ2v) is 4.82. The Morgan fingerprint density at radius 1 is 1.56 bits per heavy atom. The Balaban J connectivity index is 2.09. The summed E-state index contributed by atoms with van der Waals surface area (Å²) in [6.45, 7) is 2.31. The third-order valence-corrected chi connectivity index (χ3v) is 3.28. The van der Waals surface area contributed by atoms with Gasteiger partial charge in [-0.15, -0.1) is 11.6 Å². The number of aryl methyl sites for hydroxylation is 1. The maximum Gasteiger partial charge on any atom is 0.129 e. The number of hydrogen-bond acceptors (Lipinski definition) is 3. The van der Waals surface area contributed by atoms with Crippen LogP contribution < -0.4 is 0 Å². The Bertz CT molecular complexity index is 343. The predicted octanol–water partition coefficient (Wildman–Crippen LogP) is 2.07. The summed E-state index contributed by atoms with van der Waals surface area (Å²) in [5.41, 5.74) is 1.18. The van der Waals surface area contributed by atoms with Gasteiger partial charge in [-0.25, -0.2) is 9.97 Å². The molecule has 1 aromatic rings. The molecule has 1 atom stereocenters. The van der Waals surface area contributed by atoms with Gasteiger partial charge in [-0.3, -0.25) is 0 Å². The van der Waals surface area contributed by atoms with Gasteiger partial charge in [0.25, 0.3) is 0 Å². The van der Waals surface area contributed by atoms with Gasteiger partial charge >= 0.3 is 0 Å². The van der Waals surface area contributed by atoms with Crippen LogP contribution in [0, 0.1) is 0 Å². The van der Waals surface area contributed by atoms with Crippen molar-refractivity contribution < 1.29 is 0 Å². The molecule has 1 unspecified atom stereocenters. The van der Waals surface area contributed by atoms with E-state index >= 15 is 0 Å². The number of nitrogens with zero attached hydrogens (tertiary/aromatic N) is 3. The lowest BCUT2D eigenvalue weighted by atomic mass is 9.95. The third-order valence-electron chi connectivity index (χ3n) is 3.09. The minimum Gasteiger partial charge on any atom is -0.306 e. The van der Waals surface area contributed by atoms with Crippen LogP contribution in [0.4, 0.5) is 0 Å². The van der Waals surface area contributed by atoms with Gasteiger partial charge in [-0.05, 0) is 32.5 Å². The summed E-state index contributed by atoms with van der Waals surface area (Å²) in [7, 11) is 2.17. The Labute approximate surface area is 102 Å². The molecule has 0 saturated carbocycles. The highest BCUT2D eigenvalue weighted by molar-refractivity contribution is 6.17. The molecule has 1 aliphatic heterocycles. The summed E-state index contributed by atoms with van der Waals surface area (Å²) in [6.07, 6.45) is 5.12. The van der Waals surface area contributed by atoms with Crippen molar-refractivity contribution in [1.29, 1.82) is 0 Å². The molecule has 2 rings (SSSR count). The van der Waals surface area contributed by atoms with Crippen LogP contribution in [0.15, 0.2) is 12.3 Å². The van der Waals surface area contributed by atoms with Crippen LogP contribution in [-0.4, -0.2) is 40.9 Å². The van der Waals surface area contributed by atoms with Crippen LogP contribution >= 0.6 is 11.6 Å². The molecule has 3 nitrogen and oxygen atoms in total. The maximum atomic E-state index is 5.71. The fraction of sp³-hybridized carbons (Fsp3) is 0.667. The van der Waals surface area contributed by atoms with Gasteiger partial charge < -0.3 is 4.90 Å². The molecule has 88 valence electrons. The van der Waals surface area contributed by atoms with E-state index in [2.05, 4.69) is 21.9 Å². The summed E-state index contributed by atoms with van der Waals surface area (Å²) in [5.74, 6) is 2.03. The van der Waals surface area contributed by atoms with Gasteiger partial charge in [0.1, 0.15) is 5.82 Å². The lowest BCUT2D eigenvalue weighted by Gasteiger charge is -2.29. The maximum absolute atomic E-state index is 5.71. The summed E-state index contributed by atoms with van der Waals surface area (Å²) >= 11 is 5.71. The first kappa shape index (κ1) is 11.8. The Morgan fingerprint density at radius 2 is 2.44 bits per heavy atom. The van der Waals surface area contributed by atoms with Gasteiger partial charge in [0.15, 0.2) is 0 Å². The van der Waals surface area contributed by atoms with Crippen molar-refractivity contribution in [1.82, 2.24) is 14.9 Å². The SMILES string of the molecule is CN1CCCC(c2ccnc(CCCl)n2)C1. The number of rotatable bonds is 3. The topological polar surface area (TPSA) is 29.0 Å². The van der Waals surface area contributed by atoms with Crippen molar-refractivity contribution in [3.05, 3.63) is 23.8 Å². The number of piperidine rings is 1. The van der Waals surface area contributed by atoms with Crippen molar-refractivity contribution in [2.75, 3.05) is 26.0 Å². The second kappa shape index (κ2) is 5.60. The van der Waals surface area contributed by atoms with Crippen LogP contribution in [0.1, 0.15) is 30.3 Å². The fourth-order valence-electron chi connectivity index (χ4n) is 2.25. The molecule has 0 amide bonds. The minimum absolute atomic E-state index is 0.566. The van der Waals surface area contributed by atoms with E-state index in [9.17, 15) is 0 Å². The van der Waals surface area contributed by atoms with Gasteiger partial charge in [0.2, 0.25) is 0 Å². The summed E-state index contributed by atoms with van der Waals surface area (Å²) in [4.78, 5) is 11.2. The van der Waals surface area contributed by atoms with Crippen molar-refractivity contribution >= 4 is 11.6 Å². The number of aromatic nitrogens is 2. The first-order valence-corrected chi connectivity index (χ1v) is 6.39. The molecule has 2 heterocycles. The third kappa shape index (κ3) is 2.92. The number of halogens is 1. The highest BCUT2D eigenvalue weighted by Gasteiger charge is 2.20. The number of likely N-dealkylation sites (tertiary alicyclic amines) is 1. The normalized spacial score (nSPS) is 22.2. The Kier molecular flexibility index (Phi) is 4.13. The molecule has 0 N–H and O–H groups in total. The van der Waals surface area contributed by atoms with Crippen molar-refractivity contribution in [2.24, 2.45) is 0 Å². The molecule has 1 fully saturated rings. The zero-order chi connectivity index (χ0) is 11.4. The lowest BCUT2D eigenvalue weighted by Crippen LogP contribution is -2.31. The zero-order valence-electron chi connectivity index (χ0n) is 9.69. The average Bonchev–Trinajstić information content (AvgIpc) is 2.30. The molecule has 1 saturated heterocycles. The summed E-state index contributed by atoms with van der Waals surface area (Å²) in [5, 5.41) is 0. The number of hydrogen-bond donors (Lipinski definition) is 0. The molecule has 16 heavy (non-hydrogen) atoms. The molecule has 0 radical (unpaired) electrons. The minimum atomic E-state index is 0.566. The molecule has 1 aromatic heterocycles. The molecular formula is C12H18ClN3. The van der Waals surface area contributed by atoms with E-state index in [1.807, 2.05) is 12.3 Å². The van der Waals surface area contributed by atoms with Crippen LogP contribution in [0.5, 0.6) is 0 Å². The van der Waals surface area contributed by atoms with Crippen molar-refractivity contribution in [2.45, 2.75) is 25.2 Å². The average molecular weight is 240 g/mol. The van der Waals surface area contributed by atoms with Crippen molar-refractivity contribution in [3.63, 3.8) is 0 Å². The highest BCUT2D eigenvalue weighted by atomic mass is 35.5. The number of alkyl halides is 1. The lowest BCUT2D eigenvalue weighted by molar-refractivity contribution is 0.248. The molecule has 4 heteroatoms. The van der Waals surface area contributed by atoms with Crippen LogP contribution in [0.3, 0.4) is 0 Å². The smallest absolute Gasteiger partial charge is 0.129 e. The largest absolute Gasteiger partial charge is 0.306 e. The monoisotopic (exact) mass is 239 g/mol. The molecule has 1 aliphatic rings. The van der Waals surface area contributed by atoms with E-state index in [0.717, 1.165) is 18.8 Å². The summed E-state index contributed by atoms with van der Waals surface area (Å²) in [6, 6.07) is 2.04. The molecule has 0 spiro atoms. The van der Waals surface area contributed by atoms with E-state index in [-0.39, 0.29) is 0 Å². The Morgan fingerprint density at radius 3 is 3.19 bits per heavy atom. The number of likely N-dealkylation sites (N-methyl/N-ethyl adjacent to an activating group) is 1. The molecule has 0 bridgehead atoms. The summed E-state index contributed by atoms with van der Waals surface area (Å²) < 4.78 is 0. The van der Waals surface area contributed by atoms with Crippen LogP contribution in [0.2, 0.25) is 0 Å². The standard InChI is InChI=1S/C12H18ClN3/c1-16-8-2-3-10(9-16)11-5-7-14-12(15-11)4-6-13/h5,7,10H,2-4,6,8-9H2,1H3. The van der Waals surface area contributed by atoms with Crippen LogP contribution in [0.25, 0.3) is 0 Å². The Hall–Kier alpha value is -0.670. The van der Waals surface area contributed by atoms with E-state index < -0.39 is 0 Å². The van der Waals surface area contributed by atoms with E-state index in [4.69, 9.17) is 11.6 Å². The molecule has 0 aliphatic carbocycles. The quantitative estimate of drug-likeness (QED) is 0.757. The van der Waals surface area contributed by atoms with E-state index in [1.165, 1.54) is 25.1 Å². The first-order chi connectivity index (χ1) is 7.79. The zero-order valence-corrected chi connectivity index (χ0v) is 10.5.